The standard InChI is InChI=1S/C19H22ClN3O2S/c1-3-9-25-18-15(10-16(20)11-17(18)24-2)12-22-23-19(21)26-13-14-7-5-4-6-8-14/h4-8,10-12H,3,9,13H2,1-2H3,(H2,21,23). The number of methoxy groups -OCH3 is 1. The zero-order chi connectivity index (χ0) is 18.8. The van der Waals surface area contributed by atoms with Crippen LogP contribution in [0.2, 0.25) is 5.02 Å². The Morgan fingerprint density at radius 3 is 2.73 bits per heavy atom. The molecule has 2 aromatic rings. The summed E-state index contributed by atoms with van der Waals surface area (Å²) in [7, 11) is 1.57. The van der Waals surface area contributed by atoms with Crippen LogP contribution in [0.3, 0.4) is 0 Å². The first kappa shape index (κ1) is 20.1. The number of rotatable bonds is 8. The molecule has 0 heterocycles. The molecule has 0 aliphatic rings. The SMILES string of the molecule is CCCOc1c(C=NN=C(N)SCc2ccccc2)cc(Cl)cc1OC. The molecule has 0 amide bonds. The lowest BCUT2D eigenvalue weighted by atomic mass is 10.2. The Morgan fingerprint density at radius 1 is 1.27 bits per heavy atom. The molecule has 0 aliphatic carbocycles. The fourth-order valence-corrected chi connectivity index (χ4v) is 2.93. The van der Waals surface area contributed by atoms with Crippen molar-refractivity contribution in [2.24, 2.45) is 15.9 Å². The van der Waals surface area contributed by atoms with E-state index < -0.39 is 0 Å². The minimum atomic E-state index is 0.384. The van der Waals surface area contributed by atoms with Crippen molar-refractivity contribution >= 4 is 34.7 Å². The van der Waals surface area contributed by atoms with Crippen LogP contribution in [0, 0.1) is 0 Å². The number of nitrogens with zero attached hydrogens (tertiary/aromatic N) is 2. The van der Waals surface area contributed by atoms with Crippen molar-refractivity contribution in [3.63, 3.8) is 0 Å². The largest absolute Gasteiger partial charge is 0.493 e. The second kappa shape index (κ2) is 10.7. The van der Waals surface area contributed by atoms with E-state index in [9.17, 15) is 0 Å². The van der Waals surface area contributed by atoms with Gasteiger partial charge in [-0.05, 0) is 18.1 Å². The van der Waals surface area contributed by atoms with Gasteiger partial charge in [0.25, 0.3) is 0 Å². The summed E-state index contributed by atoms with van der Waals surface area (Å²) in [6.07, 6.45) is 2.44. The third-order valence-corrected chi connectivity index (χ3v) is 4.37. The second-order valence-electron chi connectivity index (χ2n) is 5.33. The van der Waals surface area contributed by atoms with Crippen LogP contribution in [0.5, 0.6) is 11.5 Å². The maximum atomic E-state index is 6.13. The Morgan fingerprint density at radius 2 is 2.04 bits per heavy atom. The highest BCUT2D eigenvalue weighted by molar-refractivity contribution is 8.13. The molecule has 0 saturated heterocycles. The van der Waals surface area contributed by atoms with Crippen molar-refractivity contribution in [3.8, 4) is 11.5 Å². The number of nitrogens with two attached hydrogens (primary N) is 1. The molecule has 0 unspecified atom stereocenters. The Balaban J connectivity index is 2.09. The van der Waals surface area contributed by atoms with E-state index >= 15 is 0 Å². The van der Waals surface area contributed by atoms with Gasteiger partial charge in [-0.2, -0.15) is 5.10 Å². The molecule has 2 aromatic carbocycles. The van der Waals surface area contributed by atoms with Gasteiger partial charge in [0.2, 0.25) is 0 Å². The van der Waals surface area contributed by atoms with Gasteiger partial charge in [-0.15, -0.1) is 5.10 Å². The molecular formula is C19H22ClN3O2S. The highest BCUT2D eigenvalue weighted by atomic mass is 35.5. The Labute approximate surface area is 163 Å². The molecule has 7 heteroatoms. The van der Waals surface area contributed by atoms with E-state index in [1.807, 2.05) is 37.3 Å². The normalized spacial score (nSPS) is 11.7. The van der Waals surface area contributed by atoms with E-state index in [0.717, 1.165) is 12.2 Å². The van der Waals surface area contributed by atoms with Crippen LogP contribution in [0.15, 0.2) is 52.7 Å². The third-order valence-electron chi connectivity index (χ3n) is 3.30. The predicted molar refractivity (Wildman–Crippen MR) is 111 cm³/mol. The lowest BCUT2D eigenvalue weighted by Crippen LogP contribution is -2.06. The maximum absolute atomic E-state index is 6.13. The highest BCUT2D eigenvalue weighted by Crippen LogP contribution is 2.34. The smallest absolute Gasteiger partial charge is 0.180 e. The number of benzene rings is 2. The van der Waals surface area contributed by atoms with E-state index in [1.54, 1.807) is 25.5 Å². The summed E-state index contributed by atoms with van der Waals surface area (Å²) in [5.74, 6) is 1.89. The summed E-state index contributed by atoms with van der Waals surface area (Å²) < 4.78 is 11.1. The van der Waals surface area contributed by atoms with Gasteiger partial charge in [-0.25, -0.2) is 0 Å². The predicted octanol–water partition coefficient (Wildman–Crippen LogP) is 4.72. The summed E-state index contributed by atoms with van der Waals surface area (Å²) in [5.41, 5.74) is 7.77. The van der Waals surface area contributed by atoms with Crippen LogP contribution in [-0.2, 0) is 5.75 Å². The van der Waals surface area contributed by atoms with Crippen molar-refractivity contribution < 1.29 is 9.47 Å². The van der Waals surface area contributed by atoms with Gasteiger partial charge >= 0.3 is 0 Å². The molecule has 138 valence electrons. The van der Waals surface area contributed by atoms with Crippen molar-refractivity contribution in [2.45, 2.75) is 19.1 Å². The monoisotopic (exact) mass is 391 g/mol. The van der Waals surface area contributed by atoms with Gasteiger partial charge in [0.15, 0.2) is 16.7 Å². The summed E-state index contributed by atoms with van der Waals surface area (Å²) in [5, 5.41) is 9.00. The molecule has 26 heavy (non-hydrogen) atoms. The van der Waals surface area contributed by atoms with Gasteiger partial charge in [-0.1, -0.05) is 60.6 Å². The third kappa shape index (κ3) is 6.28. The number of ether oxygens (including phenoxy) is 2. The quantitative estimate of drug-likeness (QED) is 0.401. The molecule has 0 bridgehead atoms. The molecule has 2 rings (SSSR count). The number of hydrogen-bond acceptors (Lipinski definition) is 5. The Kier molecular flexibility index (Phi) is 8.31. The maximum Gasteiger partial charge on any atom is 0.180 e. The molecule has 0 saturated carbocycles. The Hall–Kier alpha value is -2.18. The highest BCUT2D eigenvalue weighted by Gasteiger charge is 2.11. The summed E-state index contributed by atoms with van der Waals surface area (Å²) in [4.78, 5) is 0. The molecule has 0 fully saturated rings. The summed E-state index contributed by atoms with van der Waals surface area (Å²) >= 11 is 7.56. The van der Waals surface area contributed by atoms with Gasteiger partial charge in [0.05, 0.1) is 19.9 Å². The van der Waals surface area contributed by atoms with Crippen molar-refractivity contribution in [2.75, 3.05) is 13.7 Å². The molecule has 5 nitrogen and oxygen atoms in total. The lowest BCUT2D eigenvalue weighted by molar-refractivity contribution is 0.294. The lowest BCUT2D eigenvalue weighted by Gasteiger charge is -2.13. The number of hydrogen-bond donors (Lipinski definition) is 1. The Bertz CT molecular complexity index is 767. The number of amidine groups is 1. The van der Waals surface area contributed by atoms with Gasteiger partial charge in [0.1, 0.15) is 0 Å². The van der Waals surface area contributed by atoms with Gasteiger partial charge in [-0.3, -0.25) is 0 Å². The first-order chi connectivity index (χ1) is 12.6. The minimum Gasteiger partial charge on any atom is -0.493 e. The molecular weight excluding hydrogens is 370 g/mol. The topological polar surface area (TPSA) is 69.2 Å². The fraction of sp³-hybridized carbons (Fsp3) is 0.263. The van der Waals surface area contributed by atoms with Gasteiger partial charge in [0, 0.05) is 22.4 Å². The van der Waals surface area contributed by atoms with Crippen LogP contribution in [-0.4, -0.2) is 25.1 Å². The first-order valence-electron chi connectivity index (χ1n) is 8.17. The van der Waals surface area contributed by atoms with Crippen molar-refractivity contribution in [1.29, 1.82) is 0 Å². The van der Waals surface area contributed by atoms with E-state index in [-0.39, 0.29) is 0 Å². The van der Waals surface area contributed by atoms with Crippen LogP contribution in [0.1, 0.15) is 24.5 Å². The van der Waals surface area contributed by atoms with Crippen LogP contribution < -0.4 is 15.2 Å². The first-order valence-corrected chi connectivity index (χ1v) is 9.54. The van der Waals surface area contributed by atoms with Crippen molar-refractivity contribution in [3.05, 3.63) is 58.6 Å². The average molecular weight is 392 g/mol. The molecule has 0 spiro atoms. The van der Waals surface area contributed by atoms with E-state index in [2.05, 4.69) is 10.2 Å². The number of halogens is 1. The average Bonchev–Trinajstić information content (AvgIpc) is 2.66. The minimum absolute atomic E-state index is 0.384. The summed E-state index contributed by atoms with van der Waals surface area (Å²) in [6.45, 7) is 2.60. The molecule has 0 radical (unpaired) electrons. The van der Waals surface area contributed by atoms with Crippen LogP contribution >= 0.6 is 23.4 Å². The van der Waals surface area contributed by atoms with Crippen molar-refractivity contribution in [1.82, 2.24) is 0 Å². The van der Waals surface area contributed by atoms with E-state index in [0.29, 0.717) is 33.9 Å². The van der Waals surface area contributed by atoms with E-state index in [4.69, 9.17) is 26.8 Å². The molecule has 0 aliphatic heterocycles. The molecule has 0 aromatic heterocycles. The van der Waals surface area contributed by atoms with Gasteiger partial charge < -0.3 is 15.2 Å². The summed E-state index contributed by atoms with van der Waals surface area (Å²) in [6, 6.07) is 13.5. The van der Waals surface area contributed by atoms with E-state index in [1.165, 1.54) is 17.3 Å². The zero-order valence-corrected chi connectivity index (χ0v) is 16.4. The van der Waals surface area contributed by atoms with Crippen LogP contribution in [0.4, 0.5) is 0 Å². The fourth-order valence-electron chi connectivity index (χ4n) is 2.10. The molecule has 0 atom stereocenters. The zero-order valence-electron chi connectivity index (χ0n) is 14.8. The molecule has 2 N–H and O–H groups in total. The van der Waals surface area contributed by atoms with Crippen LogP contribution in [0.25, 0.3) is 0 Å². The second-order valence-corrected chi connectivity index (χ2v) is 6.76. The number of thioether (sulfide) groups is 1.